The van der Waals surface area contributed by atoms with Crippen LogP contribution in [0.15, 0.2) is 18.2 Å². The summed E-state index contributed by atoms with van der Waals surface area (Å²) in [5, 5.41) is 18.2. The van der Waals surface area contributed by atoms with Crippen molar-refractivity contribution < 1.29 is 24.5 Å². The van der Waals surface area contributed by atoms with Crippen LogP contribution < -0.4 is 4.74 Å². The Morgan fingerprint density at radius 2 is 2.09 bits per heavy atom. The predicted octanol–water partition coefficient (Wildman–Crippen LogP) is 2.62. The first-order valence-corrected chi connectivity index (χ1v) is 8.57. The SMILES string of the molecule is COc1cc(C2SCCN2C(=O)CCCCC(=O)O)ccc1O. The lowest BCUT2D eigenvalue weighted by Crippen LogP contribution is -2.30. The fourth-order valence-electron chi connectivity index (χ4n) is 2.55. The second-order valence-corrected chi connectivity index (χ2v) is 6.53. The van der Waals surface area contributed by atoms with E-state index in [4.69, 9.17) is 9.84 Å². The number of hydrogen-bond acceptors (Lipinski definition) is 5. The van der Waals surface area contributed by atoms with Crippen LogP contribution in [0.2, 0.25) is 0 Å². The third-order valence-corrected chi connectivity index (χ3v) is 4.99. The molecule has 1 amide bonds. The topological polar surface area (TPSA) is 87.1 Å². The van der Waals surface area contributed by atoms with Gasteiger partial charge in [-0.3, -0.25) is 9.59 Å². The summed E-state index contributed by atoms with van der Waals surface area (Å²) < 4.78 is 5.12. The molecule has 23 heavy (non-hydrogen) atoms. The Morgan fingerprint density at radius 3 is 2.78 bits per heavy atom. The van der Waals surface area contributed by atoms with Crippen molar-refractivity contribution >= 4 is 23.6 Å². The second-order valence-electron chi connectivity index (χ2n) is 5.34. The number of phenols is 1. The first-order chi connectivity index (χ1) is 11.0. The minimum atomic E-state index is -0.830. The van der Waals surface area contributed by atoms with Gasteiger partial charge >= 0.3 is 5.97 Å². The molecule has 1 fully saturated rings. The lowest BCUT2D eigenvalue weighted by molar-refractivity contribution is -0.137. The van der Waals surface area contributed by atoms with Gasteiger partial charge in [-0.15, -0.1) is 11.8 Å². The highest BCUT2D eigenvalue weighted by molar-refractivity contribution is 7.99. The molecule has 2 N–H and O–H groups in total. The highest BCUT2D eigenvalue weighted by Gasteiger charge is 2.30. The van der Waals surface area contributed by atoms with Crippen LogP contribution in [0.3, 0.4) is 0 Å². The van der Waals surface area contributed by atoms with Crippen molar-refractivity contribution in [3.05, 3.63) is 23.8 Å². The molecule has 2 rings (SSSR count). The van der Waals surface area contributed by atoms with E-state index in [1.165, 1.54) is 7.11 Å². The van der Waals surface area contributed by atoms with E-state index in [1.807, 2.05) is 4.90 Å². The van der Waals surface area contributed by atoms with E-state index in [9.17, 15) is 14.7 Å². The monoisotopic (exact) mass is 339 g/mol. The largest absolute Gasteiger partial charge is 0.504 e. The van der Waals surface area contributed by atoms with Crippen molar-refractivity contribution in [3.63, 3.8) is 0 Å². The van der Waals surface area contributed by atoms with E-state index in [0.29, 0.717) is 31.6 Å². The minimum absolute atomic E-state index is 0.0393. The molecule has 0 bridgehead atoms. The number of methoxy groups -OCH3 is 1. The van der Waals surface area contributed by atoms with Gasteiger partial charge in [-0.2, -0.15) is 0 Å². The zero-order valence-electron chi connectivity index (χ0n) is 13.0. The highest BCUT2D eigenvalue weighted by atomic mass is 32.2. The van der Waals surface area contributed by atoms with Gasteiger partial charge in [-0.25, -0.2) is 0 Å². The molecule has 1 aromatic rings. The number of hydrogen-bond donors (Lipinski definition) is 2. The number of carboxylic acids is 1. The summed E-state index contributed by atoms with van der Waals surface area (Å²) in [6, 6.07) is 5.12. The highest BCUT2D eigenvalue weighted by Crippen LogP contribution is 2.41. The molecule has 126 valence electrons. The van der Waals surface area contributed by atoms with E-state index in [-0.39, 0.29) is 23.5 Å². The quantitative estimate of drug-likeness (QED) is 0.743. The maximum Gasteiger partial charge on any atom is 0.303 e. The molecular formula is C16H21NO5S. The molecule has 7 heteroatoms. The van der Waals surface area contributed by atoms with Crippen LogP contribution in [0.25, 0.3) is 0 Å². The van der Waals surface area contributed by atoms with Crippen LogP contribution in [0.5, 0.6) is 11.5 Å². The third kappa shape index (κ3) is 4.54. The van der Waals surface area contributed by atoms with E-state index in [2.05, 4.69) is 0 Å². The summed E-state index contributed by atoms with van der Waals surface area (Å²) in [4.78, 5) is 24.7. The van der Waals surface area contributed by atoms with Crippen LogP contribution in [0.1, 0.15) is 36.6 Å². The standard InChI is InChI=1S/C16H21NO5S/c1-22-13-10-11(6-7-12(13)18)16-17(8-9-23-16)14(19)4-2-3-5-15(20)21/h6-7,10,16,18H,2-5,8-9H2,1H3,(H,20,21). The number of carbonyl (C=O) groups is 2. The zero-order valence-corrected chi connectivity index (χ0v) is 13.8. The molecule has 6 nitrogen and oxygen atoms in total. The van der Waals surface area contributed by atoms with Gasteiger partial charge in [0.15, 0.2) is 11.5 Å². The van der Waals surface area contributed by atoms with Gasteiger partial charge in [0.05, 0.1) is 7.11 Å². The summed E-state index contributed by atoms with van der Waals surface area (Å²) in [7, 11) is 1.49. The van der Waals surface area contributed by atoms with Crippen molar-refractivity contribution in [1.29, 1.82) is 0 Å². The van der Waals surface area contributed by atoms with Crippen LogP contribution in [0, 0.1) is 0 Å². The number of benzene rings is 1. The van der Waals surface area contributed by atoms with E-state index in [1.54, 1.807) is 30.0 Å². The maximum atomic E-state index is 12.4. The number of nitrogens with zero attached hydrogens (tertiary/aromatic N) is 1. The fourth-order valence-corrected chi connectivity index (χ4v) is 3.81. The molecule has 1 aliphatic heterocycles. The van der Waals surface area contributed by atoms with Gasteiger partial charge < -0.3 is 19.8 Å². The molecule has 0 spiro atoms. The number of aliphatic carboxylic acids is 1. The molecule has 1 aromatic carbocycles. The smallest absolute Gasteiger partial charge is 0.303 e. The average molecular weight is 339 g/mol. The molecule has 1 unspecified atom stereocenters. The van der Waals surface area contributed by atoms with Crippen molar-refractivity contribution in [2.75, 3.05) is 19.4 Å². The summed E-state index contributed by atoms with van der Waals surface area (Å²) in [6.45, 7) is 0.677. The molecule has 0 radical (unpaired) electrons. The van der Waals surface area contributed by atoms with Gasteiger partial charge in [0, 0.05) is 25.1 Å². The number of thioether (sulfide) groups is 1. The number of aromatic hydroxyl groups is 1. The van der Waals surface area contributed by atoms with Gasteiger partial charge in [0.1, 0.15) is 5.37 Å². The number of carboxylic acid groups (broad SMARTS) is 1. The Balaban J connectivity index is 1.99. The molecule has 0 aromatic heterocycles. The summed E-state index contributed by atoms with van der Waals surface area (Å²) in [6.07, 6.45) is 1.55. The third-order valence-electron chi connectivity index (χ3n) is 3.73. The van der Waals surface area contributed by atoms with Gasteiger partial charge in [0.25, 0.3) is 0 Å². The fraction of sp³-hybridized carbons (Fsp3) is 0.500. The Hall–Kier alpha value is -1.89. The van der Waals surface area contributed by atoms with E-state index in [0.717, 1.165) is 11.3 Å². The Labute approximate surface area is 139 Å². The molecule has 0 aliphatic carbocycles. The number of unbranched alkanes of at least 4 members (excludes halogenated alkanes) is 1. The van der Waals surface area contributed by atoms with Gasteiger partial charge in [-0.05, 0) is 30.5 Å². The van der Waals surface area contributed by atoms with Crippen molar-refractivity contribution in [2.24, 2.45) is 0 Å². The first-order valence-electron chi connectivity index (χ1n) is 7.52. The van der Waals surface area contributed by atoms with Crippen molar-refractivity contribution in [1.82, 2.24) is 4.90 Å². The second kappa shape index (κ2) is 8.10. The number of ether oxygens (including phenoxy) is 1. The molecule has 1 atom stereocenters. The van der Waals surface area contributed by atoms with Gasteiger partial charge in [-0.1, -0.05) is 6.07 Å². The number of amides is 1. The Kier molecular flexibility index (Phi) is 6.15. The summed E-state index contributed by atoms with van der Waals surface area (Å²) in [5.74, 6) is 0.532. The van der Waals surface area contributed by atoms with Gasteiger partial charge in [0.2, 0.25) is 5.91 Å². The maximum absolute atomic E-state index is 12.4. The van der Waals surface area contributed by atoms with E-state index < -0.39 is 5.97 Å². The first kappa shape index (κ1) is 17.5. The number of phenolic OH excluding ortho intramolecular Hbond substituents is 1. The van der Waals surface area contributed by atoms with Crippen LogP contribution in [0.4, 0.5) is 0 Å². The van der Waals surface area contributed by atoms with Crippen molar-refractivity contribution in [2.45, 2.75) is 31.1 Å². The minimum Gasteiger partial charge on any atom is -0.504 e. The Bertz CT molecular complexity index is 578. The number of rotatable bonds is 7. The van der Waals surface area contributed by atoms with Crippen LogP contribution in [-0.2, 0) is 9.59 Å². The molecular weight excluding hydrogens is 318 g/mol. The normalized spacial score (nSPS) is 17.3. The van der Waals surface area contributed by atoms with Crippen LogP contribution in [-0.4, -0.2) is 46.4 Å². The molecule has 0 saturated carbocycles. The summed E-state index contributed by atoms with van der Waals surface area (Å²) in [5.41, 5.74) is 0.918. The number of carbonyl (C=O) groups excluding carboxylic acids is 1. The Morgan fingerprint density at radius 1 is 1.35 bits per heavy atom. The van der Waals surface area contributed by atoms with Crippen molar-refractivity contribution in [3.8, 4) is 11.5 Å². The van der Waals surface area contributed by atoms with Crippen LogP contribution >= 0.6 is 11.8 Å². The molecule has 1 aliphatic rings. The average Bonchev–Trinajstić information content (AvgIpc) is 3.01. The summed E-state index contributed by atoms with van der Waals surface area (Å²) >= 11 is 1.67. The lowest BCUT2D eigenvalue weighted by Gasteiger charge is -2.24. The zero-order chi connectivity index (χ0) is 16.8. The lowest BCUT2D eigenvalue weighted by atomic mass is 10.1. The van der Waals surface area contributed by atoms with E-state index >= 15 is 0 Å². The molecule has 1 heterocycles. The predicted molar refractivity (Wildman–Crippen MR) is 87.7 cm³/mol. The molecule has 1 saturated heterocycles.